The van der Waals surface area contributed by atoms with Crippen LogP contribution in [0.5, 0.6) is 5.75 Å². The fraction of sp³-hybridized carbons (Fsp3) is 0.143. The van der Waals surface area contributed by atoms with Gasteiger partial charge in [-0.05, 0) is 23.6 Å². The van der Waals surface area contributed by atoms with Gasteiger partial charge in [-0.1, -0.05) is 17.7 Å². The molecule has 0 atom stereocenters. The van der Waals surface area contributed by atoms with Gasteiger partial charge in [-0.3, -0.25) is 14.5 Å². The largest absolute Gasteiger partial charge is 0.496 e. The third-order valence-corrected chi connectivity index (χ3v) is 4.45. The summed E-state index contributed by atoms with van der Waals surface area (Å²) in [7, 11) is 1.48. The van der Waals surface area contributed by atoms with E-state index in [1.807, 2.05) is 11.4 Å². The van der Waals surface area contributed by atoms with Crippen LogP contribution in [0.3, 0.4) is 0 Å². The Morgan fingerprint density at radius 3 is 2.70 bits per heavy atom. The molecule has 20 heavy (non-hydrogen) atoms. The van der Waals surface area contributed by atoms with Gasteiger partial charge in [0.2, 0.25) is 0 Å². The van der Waals surface area contributed by atoms with Gasteiger partial charge in [0.05, 0.1) is 29.1 Å². The zero-order chi connectivity index (χ0) is 14.3. The van der Waals surface area contributed by atoms with Crippen molar-refractivity contribution in [2.75, 3.05) is 7.11 Å². The predicted octanol–water partition coefficient (Wildman–Crippen LogP) is 3.21. The molecule has 1 aliphatic heterocycles. The van der Waals surface area contributed by atoms with Gasteiger partial charge in [0.1, 0.15) is 5.75 Å². The molecule has 2 amide bonds. The van der Waals surface area contributed by atoms with Crippen LogP contribution in [-0.4, -0.2) is 23.8 Å². The Bertz CT molecular complexity index is 710. The van der Waals surface area contributed by atoms with E-state index in [0.29, 0.717) is 21.2 Å². The fourth-order valence-corrected chi connectivity index (χ4v) is 3.13. The maximum atomic E-state index is 12.4. The Morgan fingerprint density at radius 2 is 2.05 bits per heavy atom. The Morgan fingerprint density at radius 1 is 1.25 bits per heavy atom. The molecule has 6 heteroatoms. The van der Waals surface area contributed by atoms with Crippen LogP contribution < -0.4 is 4.74 Å². The first-order valence-corrected chi connectivity index (χ1v) is 7.14. The molecule has 0 fully saturated rings. The number of carbonyl (C=O) groups excluding carboxylic acids is 2. The number of carbonyl (C=O) groups is 2. The van der Waals surface area contributed by atoms with Crippen LogP contribution in [0.1, 0.15) is 26.3 Å². The average Bonchev–Trinajstić information content (AvgIpc) is 2.96. The first kappa shape index (κ1) is 13.1. The van der Waals surface area contributed by atoms with Crippen LogP contribution in [0, 0.1) is 0 Å². The molecule has 2 heterocycles. The van der Waals surface area contributed by atoms with E-state index in [9.17, 15) is 9.59 Å². The maximum Gasteiger partial charge on any atom is 0.265 e. The van der Waals surface area contributed by atoms with Crippen molar-refractivity contribution >= 4 is 34.8 Å². The highest BCUT2D eigenvalue weighted by atomic mass is 35.5. The second-order valence-electron chi connectivity index (χ2n) is 4.30. The summed E-state index contributed by atoms with van der Waals surface area (Å²) in [4.78, 5) is 25.9. The average molecular weight is 308 g/mol. The Hall–Kier alpha value is -1.85. The summed E-state index contributed by atoms with van der Waals surface area (Å²) >= 11 is 7.40. The van der Waals surface area contributed by atoms with Crippen LogP contribution >= 0.6 is 22.9 Å². The molecule has 0 unspecified atom stereocenters. The minimum atomic E-state index is -0.343. The lowest BCUT2D eigenvalue weighted by atomic mass is 10.1. The van der Waals surface area contributed by atoms with Crippen molar-refractivity contribution in [3.8, 4) is 5.75 Å². The number of hydrogen-bond acceptors (Lipinski definition) is 4. The molecule has 0 N–H and O–H groups in total. The SMILES string of the molecule is COc1cccc2c1C(=O)N(Cc1ccsc1Cl)C2=O. The monoisotopic (exact) mass is 307 g/mol. The summed E-state index contributed by atoms with van der Waals surface area (Å²) in [6, 6.07) is 6.82. The van der Waals surface area contributed by atoms with Crippen molar-refractivity contribution in [2.45, 2.75) is 6.54 Å². The number of ether oxygens (including phenoxy) is 1. The van der Waals surface area contributed by atoms with Gasteiger partial charge in [-0.25, -0.2) is 0 Å². The Labute approximate surface area is 124 Å². The summed E-state index contributed by atoms with van der Waals surface area (Å²) in [5, 5.41) is 1.83. The van der Waals surface area contributed by atoms with E-state index in [1.54, 1.807) is 18.2 Å². The quantitative estimate of drug-likeness (QED) is 0.818. The van der Waals surface area contributed by atoms with Crippen LogP contribution in [0.4, 0.5) is 0 Å². The zero-order valence-electron chi connectivity index (χ0n) is 10.6. The zero-order valence-corrected chi connectivity index (χ0v) is 12.1. The van der Waals surface area contributed by atoms with Crippen molar-refractivity contribution in [2.24, 2.45) is 0 Å². The van der Waals surface area contributed by atoms with E-state index in [2.05, 4.69) is 0 Å². The molecular weight excluding hydrogens is 298 g/mol. The minimum Gasteiger partial charge on any atom is -0.496 e. The normalized spacial score (nSPS) is 13.8. The van der Waals surface area contributed by atoms with Crippen molar-refractivity contribution in [1.29, 1.82) is 0 Å². The Kier molecular flexibility index (Phi) is 3.23. The number of benzene rings is 1. The molecule has 0 spiro atoms. The molecule has 0 saturated carbocycles. The number of methoxy groups -OCH3 is 1. The molecule has 0 aliphatic carbocycles. The molecule has 2 aromatic rings. The first-order chi connectivity index (χ1) is 9.63. The minimum absolute atomic E-state index is 0.178. The standard InChI is InChI=1S/C14H10ClNO3S/c1-19-10-4-2-3-9-11(10)14(18)16(13(9)17)7-8-5-6-20-12(8)15/h2-6H,7H2,1H3. The van der Waals surface area contributed by atoms with Gasteiger partial charge in [-0.2, -0.15) is 0 Å². The molecule has 3 rings (SSSR count). The first-order valence-electron chi connectivity index (χ1n) is 5.88. The van der Waals surface area contributed by atoms with Crippen molar-refractivity contribution in [3.63, 3.8) is 0 Å². The summed E-state index contributed by atoms with van der Waals surface area (Å²) in [6.07, 6.45) is 0. The molecule has 0 bridgehead atoms. The molecule has 1 aliphatic rings. The van der Waals surface area contributed by atoms with Crippen LogP contribution in [0.25, 0.3) is 0 Å². The smallest absolute Gasteiger partial charge is 0.265 e. The molecule has 1 aromatic carbocycles. The number of fused-ring (bicyclic) bond motifs is 1. The van der Waals surface area contributed by atoms with Crippen molar-refractivity contribution in [3.05, 3.63) is 50.7 Å². The van der Waals surface area contributed by atoms with E-state index in [0.717, 1.165) is 5.56 Å². The van der Waals surface area contributed by atoms with Gasteiger partial charge in [0.25, 0.3) is 11.8 Å². The van der Waals surface area contributed by atoms with Gasteiger partial charge in [0.15, 0.2) is 0 Å². The second kappa shape index (κ2) is 4.92. The highest BCUT2D eigenvalue weighted by Gasteiger charge is 2.38. The van der Waals surface area contributed by atoms with E-state index in [4.69, 9.17) is 16.3 Å². The molecule has 4 nitrogen and oxygen atoms in total. The lowest BCUT2D eigenvalue weighted by Gasteiger charge is -2.13. The number of nitrogens with zero attached hydrogens (tertiary/aromatic N) is 1. The van der Waals surface area contributed by atoms with E-state index in [-0.39, 0.29) is 18.4 Å². The van der Waals surface area contributed by atoms with Gasteiger partial charge >= 0.3 is 0 Å². The molecule has 0 saturated heterocycles. The van der Waals surface area contributed by atoms with Gasteiger partial charge < -0.3 is 4.74 Å². The fourth-order valence-electron chi connectivity index (χ4n) is 2.22. The summed E-state index contributed by atoms with van der Waals surface area (Å²) < 4.78 is 5.75. The lowest BCUT2D eigenvalue weighted by molar-refractivity contribution is 0.0641. The maximum absolute atomic E-state index is 12.4. The molecular formula is C14H10ClNO3S. The summed E-state index contributed by atoms with van der Waals surface area (Å²) in [5.74, 6) is -0.240. The third-order valence-electron chi connectivity index (χ3n) is 3.20. The van der Waals surface area contributed by atoms with E-state index < -0.39 is 0 Å². The van der Waals surface area contributed by atoms with Gasteiger partial charge in [0, 0.05) is 5.56 Å². The van der Waals surface area contributed by atoms with Crippen molar-refractivity contribution in [1.82, 2.24) is 4.90 Å². The van der Waals surface area contributed by atoms with Crippen LogP contribution in [0.2, 0.25) is 4.34 Å². The van der Waals surface area contributed by atoms with E-state index >= 15 is 0 Å². The number of rotatable bonds is 3. The lowest BCUT2D eigenvalue weighted by Crippen LogP contribution is -2.29. The summed E-state index contributed by atoms with van der Waals surface area (Å²) in [5.41, 5.74) is 1.47. The number of amides is 2. The number of thiophene rings is 1. The number of imide groups is 1. The predicted molar refractivity (Wildman–Crippen MR) is 76.5 cm³/mol. The second-order valence-corrected chi connectivity index (χ2v) is 5.82. The van der Waals surface area contributed by atoms with Crippen molar-refractivity contribution < 1.29 is 14.3 Å². The Balaban J connectivity index is 1.99. The summed E-state index contributed by atoms with van der Waals surface area (Å²) in [6.45, 7) is 0.178. The van der Waals surface area contributed by atoms with Gasteiger partial charge in [-0.15, -0.1) is 11.3 Å². The van der Waals surface area contributed by atoms with E-state index in [1.165, 1.54) is 23.3 Å². The topological polar surface area (TPSA) is 46.6 Å². The number of halogens is 1. The van der Waals surface area contributed by atoms with Crippen LogP contribution in [-0.2, 0) is 6.54 Å². The molecule has 102 valence electrons. The number of hydrogen-bond donors (Lipinski definition) is 0. The molecule has 0 radical (unpaired) electrons. The highest BCUT2D eigenvalue weighted by Crippen LogP contribution is 2.33. The molecule has 1 aromatic heterocycles. The van der Waals surface area contributed by atoms with Crippen LogP contribution in [0.15, 0.2) is 29.6 Å². The third kappa shape index (κ3) is 1.90. The highest BCUT2D eigenvalue weighted by molar-refractivity contribution is 7.14.